The summed E-state index contributed by atoms with van der Waals surface area (Å²) in [4.78, 5) is 90.9. The van der Waals surface area contributed by atoms with Gasteiger partial charge in [-0.05, 0) is 160 Å². The maximum Gasteiger partial charge on any atom is 1.00 e. The number of esters is 1. The van der Waals surface area contributed by atoms with Gasteiger partial charge >= 0.3 is 30.8 Å². The number of aliphatic hydroxyl groups is 1. The van der Waals surface area contributed by atoms with Gasteiger partial charge in [-0.15, -0.1) is 0 Å². The van der Waals surface area contributed by atoms with Gasteiger partial charge in [0, 0.05) is 105 Å². The van der Waals surface area contributed by atoms with E-state index in [9.17, 15) is 33.9 Å². The molecule has 4 aromatic heterocycles. The van der Waals surface area contributed by atoms with Crippen LogP contribution in [-0.4, -0.2) is 116 Å². The first-order chi connectivity index (χ1) is 37.4. The third-order valence-electron chi connectivity index (χ3n) is 13.8. The van der Waals surface area contributed by atoms with Crippen LogP contribution < -0.4 is 30.0 Å². The minimum Gasteiger partial charge on any atom is -0.870 e. The maximum atomic E-state index is 13.9. The number of benzene rings is 2. The molecule has 440 valence electrons. The van der Waals surface area contributed by atoms with E-state index in [4.69, 9.17) is 9.84 Å². The normalized spacial score (nSPS) is 12.3. The predicted molar refractivity (Wildman–Crippen MR) is 317 cm³/mol. The molecule has 2 aromatic carbocycles. The summed E-state index contributed by atoms with van der Waals surface area (Å²) in [5, 5.41) is 16.7. The first-order valence-corrected chi connectivity index (χ1v) is 27.0. The summed E-state index contributed by atoms with van der Waals surface area (Å²) in [5.74, 6) is -2.23. The van der Waals surface area contributed by atoms with Crippen LogP contribution in [0.25, 0.3) is 22.3 Å². The molecule has 4 heterocycles. The fraction of sp³-hybridized carbons (Fsp3) is 0.438. The molecule has 0 saturated heterocycles. The quantitative estimate of drug-likeness (QED) is 0.0451. The average Bonchev–Trinajstić information content (AvgIpc) is 3.37. The standard InChI is InChI=1S/C32H41N3O4.C31H39N3O4.CH4O.Li.2H2O/c1-21(2)13-28(35-12-11-24(14-30(35)37)20-34(5)6)29(36)16-25(17-31(38)39-7)26-15-27(19-33-18-26)32-22(3)9-8-10-23(32)4;1-20(2)12-27(34-11-10-23(13-29(34)36)19-33(5)6)28(35)15-24(16-30(37)38)25-14-26(18-32-17-25)31-21(3)8-7-9-22(31)4;1-2;;;/h8-12,14-15,18-19,21,25,28H,13,16-17,20H2,1-7H3;7-11,13-14,17-18,20,24,27H,12,15-16,19H2,1-6H3,(H,37,38);2H,1H3;;2*1H2/q;;;+1;;/p-2/t25-,28?;24-,27?;;;;/m00..../s1. The molecule has 82 heavy (non-hydrogen) atoms. The van der Waals surface area contributed by atoms with E-state index in [0.717, 1.165) is 68.3 Å². The number of Topliss-reactive ketones (excluding diaryl/α,β-unsaturated/α-hetero) is 2. The van der Waals surface area contributed by atoms with Crippen LogP contribution in [0.1, 0.15) is 135 Å². The number of carbonyl (C=O) groups excluding carboxylic acids is 3. The first kappa shape index (κ1) is 73.3. The van der Waals surface area contributed by atoms with Crippen LogP contribution in [0.3, 0.4) is 0 Å². The number of aliphatic hydroxyl groups excluding tert-OH is 1. The van der Waals surface area contributed by atoms with Crippen molar-refractivity contribution < 1.29 is 63.9 Å². The molecular weight excluding hydrogens is 1040 g/mol. The molecule has 6 rings (SSSR count). The Morgan fingerprint density at radius 1 is 0.561 bits per heavy atom. The largest absolute Gasteiger partial charge is 1.00 e. The van der Waals surface area contributed by atoms with Gasteiger partial charge in [0.15, 0.2) is 11.6 Å². The molecule has 0 aliphatic heterocycles. The van der Waals surface area contributed by atoms with Crippen molar-refractivity contribution in [2.24, 2.45) is 11.8 Å². The number of aryl methyl sites for hydroxylation is 4. The molecule has 0 aliphatic carbocycles. The number of hydrogen-bond acceptors (Lipinski definition) is 14. The molecule has 4 N–H and O–H groups in total. The van der Waals surface area contributed by atoms with Crippen molar-refractivity contribution in [1.29, 1.82) is 0 Å². The van der Waals surface area contributed by atoms with Gasteiger partial charge in [0.1, 0.15) is 0 Å². The number of nitrogens with zero attached hydrogens (tertiary/aromatic N) is 6. The summed E-state index contributed by atoms with van der Waals surface area (Å²) in [6, 6.07) is 21.8. The molecule has 0 radical (unpaired) electrons. The predicted octanol–water partition coefficient (Wildman–Crippen LogP) is 7.13. The van der Waals surface area contributed by atoms with Gasteiger partial charge in [0.2, 0.25) is 0 Å². The Balaban J connectivity index is 0.000000769. The van der Waals surface area contributed by atoms with Crippen LogP contribution in [0.15, 0.2) is 120 Å². The zero-order valence-corrected chi connectivity index (χ0v) is 50.8. The zero-order chi connectivity index (χ0) is 58.7. The van der Waals surface area contributed by atoms with Crippen LogP contribution in [0.4, 0.5) is 0 Å². The summed E-state index contributed by atoms with van der Waals surface area (Å²) in [5.41, 5.74) is 11.3. The van der Waals surface area contributed by atoms with E-state index >= 15 is 0 Å². The Kier molecular flexibility index (Phi) is 31.6. The smallest absolute Gasteiger partial charge is 0.870 e. The summed E-state index contributed by atoms with van der Waals surface area (Å²) in [6.07, 6.45) is 11.3. The fourth-order valence-corrected chi connectivity index (χ4v) is 10.2. The van der Waals surface area contributed by atoms with Crippen LogP contribution in [0, 0.1) is 39.5 Å². The van der Waals surface area contributed by atoms with Crippen LogP contribution in [0.5, 0.6) is 0 Å². The van der Waals surface area contributed by atoms with Gasteiger partial charge in [0.05, 0.1) is 32.0 Å². The molecule has 0 aliphatic rings. The molecule has 0 fully saturated rings. The molecule has 0 saturated carbocycles. The Hall–Kier alpha value is -6.68. The van der Waals surface area contributed by atoms with Crippen LogP contribution in [0.2, 0.25) is 0 Å². The molecular formula is C64H86LiN6O11-. The SMILES string of the molecule is CO.COC(=O)C[C@H](CC(=O)C(CC(C)C)n1ccc(CN(C)C)cc1=O)c1cncc(-c2c(C)cccc2C)c1.Cc1cccc(C)c1-c1cncc([C@H](CC(=O)O)CC(=O)C(CC(C)C)n2ccc(CN(C)C)cc2=O)c1.[Li+].[OH-].[OH-]. The van der Waals surface area contributed by atoms with E-state index in [1.165, 1.54) is 11.7 Å². The molecule has 17 nitrogen and oxygen atoms in total. The minimum absolute atomic E-state index is 0. The number of pyridine rings is 4. The van der Waals surface area contributed by atoms with Gasteiger partial charge in [-0.3, -0.25) is 38.7 Å². The molecule has 4 atom stereocenters. The number of ether oxygens (including phenoxy) is 1. The Morgan fingerprint density at radius 2 is 0.915 bits per heavy atom. The third-order valence-corrected chi connectivity index (χ3v) is 13.8. The number of carboxylic acids is 1. The number of carbonyl (C=O) groups is 4. The number of carboxylic acid groups (broad SMARTS) is 1. The van der Waals surface area contributed by atoms with Crippen molar-refractivity contribution in [3.05, 3.63) is 175 Å². The molecule has 18 heteroatoms. The first-order valence-electron chi connectivity index (χ1n) is 27.0. The topological polar surface area (TPSA) is 254 Å². The Morgan fingerprint density at radius 3 is 1.22 bits per heavy atom. The minimum atomic E-state index is -0.981. The van der Waals surface area contributed by atoms with E-state index in [2.05, 4.69) is 35.9 Å². The zero-order valence-electron chi connectivity index (χ0n) is 50.8. The maximum absolute atomic E-state index is 13.9. The van der Waals surface area contributed by atoms with Crippen molar-refractivity contribution in [1.82, 2.24) is 28.9 Å². The van der Waals surface area contributed by atoms with E-state index in [1.54, 1.807) is 47.7 Å². The third kappa shape index (κ3) is 21.6. The van der Waals surface area contributed by atoms with Crippen molar-refractivity contribution in [2.45, 2.75) is 131 Å². The van der Waals surface area contributed by atoms with Crippen molar-refractivity contribution in [2.75, 3.05) is 42.4 Å². The average molecular weight is 1120 g/mol. The van der Waals surface area contributed by atoms with Gasteiger partial charge in [-0.2, -0.15) is 0 Å². The number of hydrogen-bond donors (Lipinski definition) is 2. The van der Waals surface area contributed by atoms with E-state index in [0.29, 0.717) is 31.5 Å². The van der Waals surface area contributed by atoms with Gasteiger partial charge < -0.3 is 44.8 Å². The molecule has 6 aromatic rings. The summed E-state index contributed by atoms with van der Waals surface area (Å²) < 4.78 is 8.03. The Bertz CT molecular complexity index is 3090. The van der Waals surface area contributed by atoms with Crippen LogP contribution in [-0.2, 0) is 37.0 Å². The van der Waals surface area contributed by atoms with Gasteiger partial charge in [-0.1, -0.05) is 64.1 Å². The van der Waals surface area contributed by atoms with E-state index < -0.39 is 35.9 Å². The second-order valence-electron chi connectivity index (χ2n) is 22.0. The van der Waals surface area contributed by atoms with Crippen LogP contribution >= 0.6 is 0 Å². The van der Waals surface area contributed by atoms with Gasteiger partial charge in [0.25, 0.3) is 11.1 Å². The van der Waals surface area contributed by atoms with Crippen molar-refractivity contribution in [3.8, 4) is 22.3 Å². The number of ketones is 2. The van der Waals surface area contributed by atoms with Crippen molar-refractivity contribution in [3.63, 3.8) is 0 Å². The fourth-order valence-electron chi connectivity index (χ4n) is 10.2. The molecule has 2 unspecified atom stereocenters. The second kappa shape index (κ2) is 35.3. The van der Waals surface area contributed by atoms with Crippen molar-refractivity contribution >= 4 is 23.5 Å². The van der Waals surface area contributed by atoms with Gasteiger partial charge in [-0.25, -0.2) is 0 Å². The number of methoxy groups -OCH3 is 1. The number of aliphatic carboxylic acids is 1. The Labute approximate surface area is 496 Å². The van der Waals surface area contributed by atoms with E-state index in [-0.39, 0.29) is 90.0 Å². The monoisotopic (exact) mass is 1120 g/mol. The molecule has 0 amide bonds. The molecule has 0 spiro atoms. The second-order valence-corrected chi connectivity index (χ2v) is 22.0. The number of rotatable bonds is 24. The summed E-state index contributed by atoms with van der Waals surface area (Å²) >= 11 is 0. The summed E-state index contributed by atoms with van der Waals surface area (Å²) in [7, 11) is 10.1. The summed E-state index contributed by atoms with van der Waals surface area (Å²) in [6.45, 7) is 17.6. The molecule has 0 bridgehead atoms. The number of aromatic nitrogens is 4. The van der Waals surface area contributed by atoms with E-state index in [1.807, 2.05) is 134 Å².